The lowest BCUT2D eigenvalue weighted by molar-refractivity contribution is 1.21. The fraction of sp³-hybridized carbons (Fsp3) is 0.400. The van der Waals surface area contributed by atoms with Gasteiger partial charge in [-0.1, -0.05) is 36.8 Å². The van der Waals surface area contributed by atoms with Gasteiger partial charge in [-0.15, -0.1) is 0 Å². The Balaban J connectivity index is 2.48. The Morgan fingerprint density at radius 2 is 2.40 bits per heavy atom. The fourth-order valence-corrected chi connectivity index (χ4v) is 1.07. The van der Waals surface area contributed by atoms with Crippen molar-refractivity contribution in [2.24, 2.45) is 0 Å². The third kappa shape index (κ3) is 1.87. The van der Waals surface area contributed by atoms with E-state index < -0.39 is 0 Å². The molecule has 0 spiro atoms. The molecule has 0 nitrogen and oxygen atoms in total. The summed E-state index contributed by atoms with van der Waals surface area (Å²) in [4.78, 5) is 0. The molecule has 0 aliphatic heterocycles. The van der Waals surface area contributed by atoms with E-state index in [2.05, 4.69) is 38.2 Å². The first-order valence-corrected chi connectivity index (χ1v) is 3.87. The normalized spacial score (nSPS) is 17.8. The Morgan fingerprint density at radius 3 is 2.90 bits per heavy atom. The van der Waals surface area contributed by atoms with Crippen LogP contribution in [0.5, 0.6) is 0 Å². The summed E-state index contributed by atoms with van der Waals surface area (Å²) in [6.45, 7) is 4.30. The monoisotopic (exact) mass is 134 g/mol. The second-order valence-electron chi connectivity index (χ2n) is 2.68. The summed E-state index contributed by atoms with van der Waals surface area (Å²) < 4.78 is 0. The van der Waals surface area contributed by atoms with Gasteiger partial charge in [-0.05, 0) is 25.3 Å². The molecule has 0 aromatic rings. The van der Waals surface area contributed by atoms with Gasteiger partial charge in [0, 0.05) is 0 Å². The highest BCUT2D eigenvalue weighted by Gasteiger charge is 1.97. The van der Waals surface area contributed by atoms with E-state index in [9.17, 15) is 0 Å². The quantitative estimate of drug-likeness (QED) is 0.544. The molecular formula is C10H14. The van der Waals surface area contributed by atoms with Gasteiger partial charge in [0.05, 0.1) is 0 Å². The summed E-state index contributed by atoms with van der Waals surface area (Å²) in [6, 6.07) is 0. The maximum absolute atomic E-state index is 2.26. The maximum atomic E-state index is 2.26. The molecule has 0 aromatic carbocycles. The van der Waals surface area contributed by atoms with Crippen LogP contribution in [0.4, 0.5) is 0 Å². The summed E-state index contributed by atoms with van der Waals surface area (Å²) in [7, 11) is 0. The molecule has 0 atom stereocenters. The summed E-state index contributed by atoms with van der Waals surface area (Å²) in [5, 5.41) is 0. The first kappa shape index (κ1) is 7.33. The molecule has 1 rings (SSSR count). The van der Waals surface area contributed by atoms with Gasteiger partial charge in [0.2, 0.25) is 0 Å². The first-order valence-electron chi connectivity index (χ1n) is 3.87. The highest BCUT2D eigenvalue weighted by Crippen LogP contribution is 2.17. The lowest BCUT2D eigenvalue weighted by Gasteiger charge is -1.87. The predicted molar refractivity (Wildman–Crippen MR) is 45.9 cm³/mol. The fourth-order valence-electron chi connectivity index (χ4n) is 1.07. The lowest BCUT2D eigenvalue weighted by atomic mass is 10.2. The smallest absolute Gasteiger partial charge is 0.00917 e. The van der Waals surface area contributed by atoms with E-state index in [1.807, 2.05) is 0 Å². The third-order valence-electron chi connectivity index (χ3n) is 1.64. The van der Waals surface area contributed by atoms with E-state index >= 15 is 0 Å². The molecule has 10 heavy (non-hydrogen) atoms. The predicted octanol–water partition coefficient (Wildman–Crippen LogP) is 3.23. The van der Waals surface area contributed by atoms with Crippen LogP contribution >= 0.6 is 0 Å². The SMILES string of the molecule is CC/C=C/C1=CC(C)=CC1. The molecule has 0 fully saturated rings. The average Bonchev–Trinajstić information content (AvgIpc) is 2.31. The van der Waals surface area contributed by atoms with E-state index in [-0.39, 0.29) is 0 Å². The molecule has 0 saturated carbocycles. The van der Waals surface area contributed by atoms with Gasteiger partial charge < -0.3 is 0 Å². The Kier molecular flexibility index (Phi) is 2.49. The van der Waals surface area contributed by atoms with Crippen molar-refractivity contribution in [3.8, 4) is 0 Å². The second kappa shape index (κ2) is 3.40. The Morgan fingerprint density at radius 1 is 1.60 bits per heavy atom. The van der Waals surface area contributed by atoms with Gasteiger partial charge >= 0.3 is 0 Å². The molecule has 0 amide bonds. The standard InChI is InChI=1S/C10H14/c1-3-4-5-10-7-6-9(2)8-10/h4-6,8H,3,7H2,1-2H3/b5-4+. The van der Waals surface area contributed by atoms with Gasteiger partial charge in [-0.2, -0.15) is 0 Å². The van der Waals surface area contributed by atoms with Crippen LogP contribution in [0.15, 0.2) is 35.5 Å². The number of hydrogen-bond donors (Lipinski definition) is 0. The van der Waals surface area contributed by atoms with Crippen molar-refractivity contribution in [3.05, 3.63) is 35.5 Å². The van der Waals surface area contributed by atoms with Crippen molar-refractivity contribution >= 4 is 0 Å². The van der Waals surface area contributed by atoms with Crippen LogP contribution in [-0.2, 0) is 0 Å². The summed E-state index contributed by atoms with van der Waals surface area (Å²) in [5.74, 6) is 0. The summed E-state index contributed by atoms with van der Waals surface area (Å²) >= 11 is 0. The van der Waals surface area contributed by atoms with E-state index in [0.717, 1.165) is 12.8 Å². The zero-order chi connectivity index (χ0) is 7.40. The minimum Gasteiger partial charge on any atom is -0.0845 e. The largest absolute Gasteiger partial charge is 0.0845 e. The second-order valence-corrected chi connectivity index (χ2v) is 2.68. The van der Waals surface area contributed by atoms with Gasteiger partial charge in [0.15, 0.2) is 0 Å². The van der Waals surface area contributed by atoms with E-state index in [1.54, 1.807) is 0 Å². The Labute approximate surface area is 62.9 Å². The van der Waals surface area contributed by atoms with Gasteiger partial charge in [-0.3, -0.25) is 0 Å². The third-order valence-corrected chi connectivity index (χ3v) is 1.64. The molecule has 0 radical (unpaired) electrons. The van der Waals surface area contributed by atoms with Crippen molar-refractivity contribution in [2.45, 2.75) is 26.7 Å². The van der Waals surface area contributed by atoms with Gasteiger partial charge in [0.1, 0.15) is 0 Å². The lowest BCUT2D eigenvalue weighted by Crippen LogP contribution is -1.67. The van der Waals surface area contributed by atoms with Crippen LogP contribution in [0.1, 0.15) is 26.7 Å². The van der Waals surface area contributed by atoms with Crippen LogP contribution in [0, 0.1) is 0 Å². The minimum absolute atomic E-state index is 1.13. The number of hydrogen-bond acceptors (Lipinski definition) is 0. The van der Waals surface area contributed by atoms with Crippen LogP contribution in [-0.4, -0.2) is 0 Å². The summed E-state index contributed by atoms with van der Waals surface area (Å²) in [6.07, 6.45) is 11.2. The average molecular weight is 134 g/mol. The van der Waals surface area contributed by atoms with Crippen molar-refractivity contribution < 1.29 is 0 Å². The zero-order valence-corrected chi connectivity index (χ0v) is 6.72. The van der Waals surface area contributed by atoms with Crippen molar-refractivity contribution in [3.63, 3.8) is 0 Å². The van der Waals surface area contributed by atoms with Gasteiger partial charge in [-0.25, -0.2) is 0 Å². The van der Waals surface area contributed by atoms with Crippen LogP contribution in [0.3, 0.4) is 0 Å². The molecule has 54 valence electrons. The topological polar surface area (TPSA) is 0 Å². The maximum Gasteiger partial charge on any atom is -0.00917 e. The van der Waals surface area contributed by atoms with Crippen LogP contribution < -0.4 is 0 Å². The van der Waals surface area contributed by atoms with Crippen LogP contribution in [0.25, 0.3) is 0 Å². The van der Waals surface area contributed by atoms with Gasteiger partial charge in [0.25, 0.3) is 0 Å². The summed E-state index contributed by atoms with van der Waals surface area (Å²) in [5.41, 5.74) is 2.84. The van der Waals surface area contributed by atoms with E-state index in [1.165, 1.54) is 11.1 Å². The molecule has 0 aromatic heterocycles. The molecule has 1 aliphatic rings. The zero-order valence-electron chi connectivity index (χ0n) is 6.72. The molecule has 0 N–H and O–H groups in total. The molecule has 1 aliphatic carbocycles. The molecule has 0 saturated heterocycles. The van der Waals surface area contributed by atoms with E-state index in [0.29, 0.717) is 0 Å². The Bertz CT molecular complexity index is 192. The molecule has 0 heteroatoms. The molecule has 0 heterocycles. The van der Waals surface area contributed by atoms with E-state index in [4.69, 9.17) is 0 Å². The highest BCUT2D eigenvalue weighted by atomic mass is 14.0. The number of rotatable bonds is 2. The highest BCUT2D eigenvalue weighted by molar-refractivity contribution is 5.37. The van der Waals surface area contributed by atoms with Crippen molar-refractivity contribution in [1.29, 1.82) is 0 Å². The first-order chi connectivity index (χ1) is 4.83. The van der Waals surface area contributed by atoms with Crippen molar-refractivity contribution in [1.82, 2.24) is 0 Å². The van der Waals surface area contributed by atoms with Crippen LogP contribution in [0.2, 0.25) is 0 Å². The molecule has 0 bridgehead atoms. The minimum atomic E-state index is 1.13. The molecular weight excluding hydrogens is 120 g/mol. The molecule has 0 unspecified atom stereocenters. The Hall–Kier alpha value is -0.780. The number of allylic oxidation sites excluding steroid dienone is 6. The van der Waals surface area contributed by atoms with Crippen molar-refractivity contribution in [2.75, 3.05) is 0 Å².